The molecule has 1 unspecified atom stereocenters. The van der Waals surface area contributed by atoms with Gasteiger partial charge in [-0.05, 0) is 35.6 Å². The Bertz CT molecular complexity index is 320. The summed E-state index contributed by atoms with van der Waals surface area (Å²) in [5.41, 5.74) is 1.90. The van der Waals surface area contributed by atoms with Crippen molar-refractivity contribution < 1.29 is 9.50 Å². The smallest absolute Gasteiger partial charge is 0.123 e. The van der Waals surface area contributed by atoms with Gasteiger partial charge in [0.15, 0.2) is 0 Å². The third-order valence-corrected chi connectivity index (χ3v) is 2.47. The molecule has 0 aliphatic rings. The molecule has 1 atom stereocenters. The molecular weight excluding hydrogens is 191 g/mol. The molecule has 15 heavy (non-hydrogen) atoms. The van der Waals surface area contributed by atoms with E-state index in [1.54, 1.807) is 6.07 Å². The first-order chi connectivity index (χ1) is 7.02. The third kappa shape index (κ3) is 3.63. The molecule has 0 saturated heterocycles. The highest BCUT2D eigenvalue weighted by molar-refractivity contribution is 5.27. The number of hydrogen-bond acceptors (Lipinski definition) is 1. The van der Waals surface area contributed by atoms with Crippen molar-refractivity contribution >= 4 is 0 Å². The van der Waals surface area contributed by atoms with E-state index >= 15 is 0 Å². The molecule has 2 heteroatoms. The lowest BCUT2D eigenvalue weighted by molar-refractivity contribution is 0.273. The van der Waals surface area contributed by atoms with Crippen LogP contribution in [-0.4, -0.2) is 11.7 Å². The Morgan fingerprint density at radius 2 is 1.87 bits per heavy atom. The molecular formula is C13H19FO. The van der Waals surface area contributed by atoms with Crippen molar-refractivity contribution in [2.45, 2.75) is 33.1 Å². The van der Waals surface area contributed by atoms with Gasteiger partial charge in [0.05, 0.1) is 0 Å². The SMILES string of the molecule is CC(C)Cc1cc(F)cc(C(C)CO)c1. The molecule has 1 aromatic rings. The lowest BCUT2D eigenvalue weighted by atomic mass is 9.96. The van der Waals surface area contributed by atoms with Gasteiger partial charge in [0.25, 0.3) is 0 Å². The highest BCUT2D eigenvalue weighted by Gasteiger charge is 2.08. The minimum atomic E-state index is -0.205. The van der Waals surface area contributed by atoms with Gasteiger partial charge in [0.2, 0.25) is 0 Å². The number of benzene rings is 1. The van der Waals surface area contributed by atoms with Gasteiger partial charge in [-0.15, -0.1) is 0 Å². The minimum Gasteiger partial charge on any atom is -0.396 e. The first-order valence-electron chi connectivity index (χ1n) is 5.43. The van der Waals surface area contributed by atoms with Crippen molar-refractivity contribution in [3.63, 3.8) is 0 Å². The highest BCUT2D eigenvalue weighted by atomic mass is 19.1. The van der Waals surface area contributed by atoms with E-state index in [-0.39, 0.29) is 18.3 Å². The lowest BCUT2D eigenvalue weighted by Crippen LogP contribution is -2.02. The second kappa shape index (κ2) is 5.26. The second-order valence-electron chi connectivity index (χ2n) is 4.57. The molecule has 0 heterocycles. The van der Waals surface area contributed by atoms with E-state index in [0.29, 0.717) is 5.92 Å². The maximum atomic E-state index is 13.3. The van der Waals surface area contributed by atoms with E-state index in [9.17, 15) is 4.39 Å². The molecule has 1 aromatic carbocycles. The largest absolute Gasteiger partial charge is 0.396 e. The first-order valence-corrected chi connectivity index (χ1v) is 5.43. The van der Waals surface area contributed by atoms with Crippen LogP contribution >= 0.6 is 0 Å². The molecule has 0 aliphatic heterocycles. The maximum Gasteiger partial charge on any atom is 0.123 e. The molecule has 0 fully saturated rings. The van der Waals surface area contributed by atoms with Crippen LogP contribution in [0.3, 0.4) is 0 Å². The van der Waals surface area contributed by atoms with Crippen LogP contribution in [0, 0.1) is 11.7 Å². The average Bonchev–Trinajstić information content (AvgIpc) is 2.14. The van der Waals surface area contributed by atoms with E-state index in [4.69, 9.17) is 5.11 Å². The van der Waals surface area contributed by atoms with E-state index in [1.165, 1.54) is 6.07 Å². The number of aliphatic hydroxyl groups excluding tert-OH is 1. The fraction of sp³-hybridized carbons (Fsp3) is 0.538. The molecule has 1 N–H and O–H groups in total. The van der Waals surface area contributed by atoms with E-state index < -0.39 is 0 Å². The molecule has 84 valence electrons. The predicted molar refractivity (Wildman–Crippen MR) is 60.4 cm³/mol. The van der Waals surface area contributed by atoms with Crippen LogP contribution < -0.4 is 0 Å². The monoisotopic (exact) mass is 210 g/mol. The minimum absolute atomic E-state index is 0.00612. The molecule has 0 radical (unpaired) electrons. The van der Waals surface area contributed by atoms with Crippen molar-refractivity contribution in [3.8, 4) is 0 Å². The molecule has 0 aromatic heterocycles. The number of rotatable bonds is 4. The number of hydrogen-bond donors (Lipinski definition) is 1. The summed E-state index contributed by atoms with van der Waals surface area (Å²) < 4.78 is 13.3. The summed E-state index contributed by atoms with van der Waals surface area (Å²) in [6.07, 6.45) is 0.878. The van der Waals surface area contributed by atoms with Gasteiger partial charge in [0.1, 0.15) is 5.82 Å². The van der Waals surface area contributed by atoms with Crippen LogP contribution in [0.4, 0.5) is 4.39 Å². The van der Waals surface area contributed by atoms with Gasteiger partial charge < -0.3 is 5.11 Å². The number of halogens is 1. The fourth-order valence-corrected chi connectivity index (χ4v) is 1.65. The van der Waals surface area contributed by atoms with Crippen LogP contribution in [0.2, 0.25) is 0 Å². The van der Waals surface area contributed by atoms with E-state index in [0.717, 1.165) is 17.5 Å². The summed E-state index contributed by atoms with van der Waals surface area (Å²) in [5.74, 6) is 0.319. The van der Waals surface area contributed by atoms with Crippen LogP contribution in [0.25, 0.3) is 0 Å². The molecule has 0 saturated carbocycles. The normalized spacial score (nSPS) is 13.2. The van der Waals surface area contributed by atoms with Crippen molar-refractivity contribution in [3.05, 3.63) is 35.1 Å². The Morgan fingerprint density at radius 1 is 1.20 bits per heavy atom. The average molecular weight is 210 g/mol. The first kappa shape index (κ1) is 12.2. The van der Waals surface area contributed by atoms with Gasteiger partial charge in [-0.2, -0.15) is 0 Å². The van der Waals surface area contributed by atoms with E-state index in [1.807, 2.05) is 13.0 Å². The van der Waals surface area contributed by atoms with Crippen LogP contribution in [0.15, 0.2) is 18.2 Å². The summed E-state index contributed by atoms with van der Waals surface area (Å²) in [6.45, 7) is 6.18. The van der Waals surface area contributed by atoms with Crippen molar-refractivity contribution in [1.29, 1.82) is 0 Å². The summed E-state index contributed by atoms with van der Waals surface area (Å²) in [4.78, 5) is 0. The Hall–Kier alpha value is -0.890. The van der Waals surface area contributed by atoms with Crippen molar-refractivity contribution in [2.75, 3.05) is 6.61 Å². The van der Waals surface area contributed by atoms with E-state index in [2.05, 4.69) is 13.8 Å². The third-order valence-electron chi connectivity index (χ3n) is 2.47. The van der Waals surface area contributed by atoms with Crippen LogP contribution in [-0.2, 0) is 6.42 Å². The zero-order valence-electron chi connectivity index (χ0n) is 9.63. The molecule has 0 bridgehead atoms. The quantitative estimate of drug-likeness (QED) is 0.809. The maximum absolute atomic E-state index is 13.3. The molecule has 0 amide bonds. The standard InChI is InChI=1S/C13H19FO/c1-9(2)4-11-5-12(10(3)8-15)7-13(14)6-11/h5-7,9-10,15H,4,8H2,1-3H3. The number of aliphatic hydroxyl groups is 1. The van der Waals surface area contributed by atoms with Crippen LogP contribution in [0.1, 0.15) is 37.8 Å². The fourth-order valence-electron chi connectivity index (χ4n) is 1.65. The Labute approximate surface area is 90.9 Å². The summed E-state index contributed by atoms with van der Waals surface area (Å²) in [5, 5.41) is 9.03. The van der Waals surface area contributed by atoms with Gasteiger partial charge in [-0.1, -0.05) is 26.8 Å². The summed E-state index contributed by atoms with van der Waals surface area (Å²) in [7, 11) is 0. The van der Waals surface area contributed by atoms with Gasteiger partial charge >= 0.3 is 0 Å². The van der Waals surface area contributed by atoms with Gasteiger partial charge in [0, 0.05) is 12.5 Å². The van der Waals surface area contributed by atoms with Gasteiger partial charge in [-0.3, -0.25) is 0 Å². The molecule has 1 nitrogen and oxygen atoms in total. The summed E-state index contributed by atoms with van der Waals surface area (Å²) in [6, 6.07) is 5.07. The second-order valence-corrected chi connectivity index (χ2v) is 4.57. The molecule has 0 aliphatic carbocycles. The molecule has 0 spiro atoms. The zero-order chi connectivity index (χ0) is 11.4. The van der Waals surface area contributed by atoms with Crippen molar-refractivity contribution in [2.24, 2.45) is 5.92 Å². The highest BCUT2D eigenvalue weighted by Crippen LogP contribution is 2.19. The summed E-state index contributed by atoms with van der Waals surface area (Å²) >= 11 is 0. The zero-order valence-corrected chi connectivity index (χ0v) is 9.63. The van der Waals surface area contributed by atoms with Gasteiger partial charge in [-0.25, -0.2) is 4.39 Å². The lowest BCUT2D eigenvalue weighted by Gasteiger charge is -2.12. The van der Waals surface area contributed by atoms with Crippen molar-refractivity contribution in [1.82, 2.24) is 0 Å². The Morgan fingerprint density at radius 3 is 2.40 bits per heavy atom. The predicted octanol–water partition coefficient (Wildman–Crippen LogP) is 3.12. The van der Waals surface area contributed by atoms with Crippen LogP contribution in [0.5, 0.6) is 0 Å². The molecule has 1 rings (SSSR count). The topological polar surface area (TPSA) is 20.2 Å². The Balaban J connectivity index is 2.94. The Kier molecular flexibility index (Phi) is 4.28.